The molecule has 2 aromatic rings. The number of hydrogen-bond acceptors (Lipinski definition) is 3. The maximum absolute atomic E-state index is 14.0. The second-order valence-corrected chi connectivity index (χ2v) is 6.72. The number of aromatic nitrogens is 1. The lowest BCUT2D eigenvalue weighted by molar-refractivity contribution is -0.115. The van der Waals surface area contributed by atoms with Crippen molar-refractivity contribution in [2.24, 2.45) is 0 Å². The minimum atomic E-state index is -0.748. The molecule has 1 aliphatic rings. The molecule has 1 amide bonds. The predicted octanol–water partition coefficient (Wildman–Crippen LogP) is 4.21. The Kier molecular flexibility index (Phi) is 4.18. The van der Waals surface area contributed by atoms with Crippen molar-refractivity contribution in [2.75, 3.05) is 10.7 Å². The summed E-state index contributed by atoms with van der Waals surface area (Å²) in [6.07, 6.45) is 0. The van der Waals surface area contributed by atoms with E-state index in [4.69, 9.17) is 0 Å². The third-order valence-electron chi connectivity index (χ3n) is 3.37. The second-order valence-electron chi connectivity index (χ2n) is 4.80. The van der Waals surface area contributed by atoms with Crippen LogP contribution in [0.2, 0.25) is 0 Å². The molecule has 2 heterocycles. The van der Waals surface area contributed by atoms with Gasteiger partial charge < -0.3 is 0 Å². The van der Waals surface area contributed by atoms with Gasteiger partial charge in [-0.15, -0.1) is 11.8 Å². The van der Waals surface area contributed by atoms with Crippen LogP contribution in [0.5, 0.6) is 0 Å². The molecule has 114 valence electrons. The first-order valence-corrected chi connectivity index (χ1v) is 8.34. The fraction of sp³-hybridized carbons (Fsp3) is 0.200. The predicted molar refractivity (Wildman–Crippen MR) is 85.7 cm³/mol. The number of carbonyl (C=O) groups is 1. The second kappa shape index (κ2) is 5.96. The van der Waals surface area contributed by atoms with Gasteiger partial charge in [-0.25, -0.2) is 13.8 Å². The summed E-state index contributed by atoms with van der Waals surface area (Å²) in [5.41, 5.74) is 0.593. The molecule has 1 unspecified atom stereocenters. The van der Waals surface area contributed by atoms with E-state index >= 15 is 0 Å². The van der Waals surface area contributed by atoms with Crippen LogP contribution in [0.4, 0.5) is 14.6 Å². The van der Waals surface area contributed by atoms with Crippen molar-refractivity contribution in [3.8, 4) is 0 Å². The van der Waals surface area contributed by atoms with E-state index in [0.29, 0.717) is 11.5 Å². The molecule has 0 saturated carbocycles. The van der Waals surface area contributed by atoms with Gasteiger partial charge >= 0.3 is 0 Å². The molecule has 3 nitrogen and oxygen atoms in total. The Bertz CT molecular complexity index is 736. The summed E-state index contributed by atoms with van der Waals surface area (Å²) < 4.78 is 28.9. The van der Waals surface area contributed by atoms with E-state index in [2.05, 4.69) is 20.9 Å². The molecule has 3 rings (SSSR count). The van der Waals surface area contributed by atoms with E-state index in [-0.39, 0.29) is 17.2 Å². The Morgan fingerprint density at radius 2 is 1.95 bits per heavy atom. The number of hydrogen-bond donors (Lipinski definition) is 0. The number of nitrogens with zero attached hydrogens (tertiary/aromatic N) is 2. The highest BCUT2D eigenvalue weighted by Gasteiger charge is 2.38. The van der Waals surface area contributed by atoms with E-state index in [0.717, 1.165) is 4.47 Å². The van der Waals surface area contributed by atoms with Gasteiger partial charge in [0.05, 0.1) is 17.0 Å². The zero-order valence-electron chi connectivity index (χ0n) is 11.5. The highest BCUT2D eigenvalue weighted by Crippen LogP contribution is 2.43. The smallest absolute Gasteiger partial charge is 0.239 e. The molecule has 1 aromatic heterocycles. The third kappa shape index (κ3) is 2.63. The summed E-state index contributed by atoms with van der Waals surface area (Å²) in [6.45, 7) is 1.79. The van der Waals surface area contributed by atoms with E-state index in [9.17, 15) is 13.6 Å². The zero-order chi connectivity index (χ0) is 15.9. The molecule has 0 radical (unpaired) electrons. The average molecular weight is 385 g/mol. The maximum atomic E-state index is 14.0. The number of halogens is 3. The van der Waals surface area contributed by atoms with Crippen molar-refractivity contribution in [3.05, 3.63) is 57.7 Å². The number of pyridine rings is 1. The van der Waals surface area contributed by atoms with Crippen molar-refractivity contribution in [1.82, 2.24) is 4.98 Å². The largest absolute Gasteiger partial charge is 0.279 e. The van der Waals surface area contributed by atoms with Crippen LogP contribution in [0.1, 0.15) is 16.6 Å². The highest BCUT2D eigenvalue weighted by atomic mass is 79.9. The van der Waals surface area contributed by atoms with Gasteiger partial charge in [-0.1, -0.05) is 6.07 Å². The van der Waals surface area contributed by atoms with Crippen molar-refractivity contribution in [2.45, 2.75) is 12.3 Å². The molecule has 1 atom stereocenters. The molecule has 0 bridgehead atoms. The number of aryl methyl sites for hydroxylation is 1. The van der Waals surface area contributed by atoms with Gasteiger partial charge in [0.2, 0.25) is 5.91 Å². The molecular formula is C15H11BrF2N2OS. The van der Waals surface area contributed by atoms with Crippen LogP contribution >= 0.6 is 27.7 Å². The zero-order valence-corrected chi connectivity index (χ0v) is 13.9. The van der Waals surface area contributed by atoms with Crippen molar-refractivity contribution < 1.29 is 13.6 Å². The van der Waals surface area contributed by atoms with Gasteiger partial charge in [0, 0.05) is 4.47 Å². The Morgan fingerprint density at radius 1 is 1.27 bits per heavy atom. The molecule has 22 heavy (non-hydrogen) atoms. The molecule has 1 aromatic carbocycles. The molecular weight excluding hydrogens is 374 g/mol. The normalized spacial score (nSPS) is 18.1. The number of thioether (sulfide) groups is 1. The standard InChI is InChI=1S/C15H11BrF2N2OS/c1-8-9(16)5-6-12(19-8)20-13(21)7-22-15(20)14-10(17)3-2-4-11(14)18/h2-6,15H,7H2,1H3. The molecule has 1 fully saturated rings. The number of amides is 1. The quantitative estimate of drug-likeness (QED) is 0.777. The SMILES string of the molecule is Cc1nc(N2C(=O)CSC2c2c(F)cccc2F)ccc1Br. The van der Waals surface area contributed by atoms with Gasteiger partial charge in [-0.05, 0) is 47.1 Å². The summed E-state index contributed by atoms with van der Waals surface area (Å²) in [4.78, 5) is 17.9. The van der Waals surface area contributed by atoms with E-state index in [1.807, 2.05) is 0 Å². The van der Waals surface area contributed by atoms with Gasteiger partial charge in [-0.2, -0.15) is 0 Å². The summed E-state index contributed by atoms with van der Waals surface area (Å²) in [5.74, 6) is -0.984. The van der Waals surface area contributed by atoms with Gasteiger partial charge in [0.15, 0.2) is 0 Å². The first kappa shape index (κ1) is 15.4. The van der Waals surface area contributed by atoms with Crippen LogP contribution in [-0.4, -0.2) is 16.6 Å². The average Bonchev–Trinajstić information content (AvgIpc) is 2.84. The highest BCUT2D eigenvalue weighted by molar-refractivity contribution is 9.10. The molecule has 1 aliphatic heterocycles. The molecule has 1 saturated heterocycles. The maximum Gasteiger partial charge on any atom is 0.239 e. The van der Waals surface area contributed by atoms with Gasteiger partial charge in [-0.3, -0.25) is 9.69 Å². The van der Waals surface area contributed by atoms with E-state index in [1.165, 1.54) is 34.9 Å². The monoisotopic (exact) mass is 384 g/mol. The van der Waals surface area contributed by atoms with Crippen molar-refractivity contribution in [3.63, 3.8) is 0 Å². The number of rotatable bonds is 2. The minimum Gasteiger partial charge on any atom is -0.279 e. The molecule has 0 aliphatic carbocycles. The minimum absolute atomic E-state index is 0.110. The van der Waals surface area contributed by atoms with Crippen LogP contribution in [-0.2, 0) is 4.79 Å². The van der Waals surface area contributed by atoms with E-state index in [1.54, 1.807) is 19.1 Å². The van der Waals surface area contributed by atoms with E-state index < -0.39 is 17.0 Å². The Labute approximate surface area is 138 Å². The number of anilines is 1. The first-order valence-electron chi connectivity index (χ1n) is 6.50. The Morgan fingerprint density at radius 3 is 2.59 bits per heavy atom. The van der Waals surface area contributed by atoms with Crippen molar-refractivity contribution >= 4 is 39.4 Å². The lowest BCUT2D eigenvalue weighted by Crippen LogP contribution is -2.29. The fourth-order valence-electron chi connectivity index (χ4n) is 2.30. The number of benzene rings is 1. The van der Waals surface area contributed by atoms with Crippen LogP contribution < -0.4 is 4.90 Å². The van der Waals surface area contributed by atoms with Gasteiger partial charge in [0.1, 0.15) is 22.8 Å². The summed E-state index contributed by atoms with van der Waals surface area (Å²) >= 11 is 4.53. The lowest BCUT2D eigenvalue weighted by atomic mass is 10.1. The third-order valence-corrected chi connectivity index (χ3v) is 5.38. The van der Waals surface area contributed by atoms with Crippen LogP contribution in [0.25, 0.3) is 0 Å². The molecule has 0 spiro atoms. The Hall–Kier alpha value is -1.47. The lowest BCUT2D eigenvalue weighted by Gasteiger charge is -2.24. The molecule has 0 N–H and O–H groups in total. The first-order chi connectivity index (χ1) is 10.5. The summed E-state index contributed by atoms with van der Waals surface area (Å²) in [6, 6.07) is 7.12. The van der Waals surface area contributed by atoms with Crippen molar-refractivity contribution in [1.29, 1.82) is 0 Å². The Balaban J connectivity index is 2.08. The number of carbonyl (C=O) groups excluding carboxylic acids is 1. The van der Waals surface area contributed by atoms with Crippen LogP contribution in [0.3, 0.4) is 0 Å². The molecule has 7 heteroatoms. The summed E-state index contributed by atoms with van der Waals surface area (Å²) in [5, 5.41) is -0.748. The fourth-order valence-corrected chi connectivity index (χ4v) is 3.72. The topological polar surface area (TPSA) is 33.2 Å². The van der Waals surface area contributed by atoms with Crippen LogP contribution in [0.15, 0.2) is 34.8 Å². The van der Waals surface area contributed by atoms with Crippen LogP contribution in [0, 0.1) is 18.6 Å². The summed E-state index contributed by atoms with van der Waals surface area (Å²) in [7, 11) is 0. The van der Waals surface area contributed by atoms with Gasteiger partial charge in [0.25, 0.3) is 0 Å².